The van der Waals surface area contributed by atoms with Crippen molar-refractivity contribution in [3.8, 4) is 0 Å². The van der Waals surface area contributed by atoms with Gasteiger partial charge in [-0.15, -0.1) is 0 Å². The SMILES string of the molecule is CO[C@H](C=O)c1cc(Cl)ccn1. The highest BCUT2D eigenvalue weighted by molar-refractivity contribution is 6.30. The number of methoxy groups -OCH3 is 1. The summed E-state index contributed by atoms with van der Waals surface area (Å²) < 4.78 is 4.85. The third kappa shape index (κ3) is 2.03. The van der Waals surface area contributed by atoms with E-state index >= 15 is 0 Å². The van der Waals surface area contributed by atoms with Crippen LogP contribution in [0.15, 0.2) is 18.3 Å². The Kier molecular flexibility index (Phi) is 3.19. The Labute approximate surface area is 75.3 Å². The summed E-state index contributed by atoms with van der Waals surface area (Å²) in [6, 6.07) is 3.24. The maximum atomic E-state index is 10.4. The van der Waals surface area contributed by atoms with E-state index in [-0.39, 0.29) is 0 Å². The molecule has 0 bridgehead atoms. The molecule has 1 aromatic rings. The van der Waals surface area contributed by atoms with Crippen LogP contribution in [0.2, 0.25) is 5.02 Å². The van der Waals surface area contributed by atoms with Crippen LogP contribution in [0.5, 0.6) is 0 Å². The number of hydrogen-bond donors (Lipinski definition) is 0. The van der Waals surface area contributed by atoms with E-state index in [4.69, 9.17) is 16.3 Å². The molecule has 0 N–H and O–H groups in total. The molecule has 1 heterocycles. The molecule has 0 aliphatic rings. The number of halogens is 1. The van der Waals surface area contributed by atoms with E-state index in [1.807, 2.05) is 0 Å². The van der Waals surface area contributed by atoms with E-state index in [2.05, 4.69) is 4.98 Å². The largest absolute Gasteiger partial charge is 0.368 e. The molecule has 1 atom stereocenters. The lowest BCUT2D eigenvalue weighted by Crippen LogP contribution is -2.04. The van der Waals surface area contributed by atoms with Crippen LogP contribution in [-0.2, 0) is 9.53 Å². The molecule has 0 aliphatic heterocycles. The van der Waals surface area contributed by atoms with Crippen molar-refractivity contribution < 1.29 is 9.53 Å². The highest BCUT2D eigenvalue weighted by Gasteiger charge is 2.09. The molecule has 0 unspecified atom stereocenters. The minimum absolute atomic E-state index is 0.528. The standard InChI is InChI=1S/C8H8ClNO2/c1-12-8(5-11)7-4-6(9)2-3-10-7/h2-5,8H,1H3/t8-/m1/s1. The van der Waals surface area contributed by atoms with Gasteiger partial charge in [0.25, 0.3) is 0 Å². The second kappa shape index (κ2) is 4.18. The van der Waals surface area contributed by atoms with Gasteiger partial charge in [-0.1, -0.05) is 11.6 Å². The third-order valence-corrected chi connectivity index (χ3v) is 1.65. The zero-order valence-corrected chi connectivity index (χ0v) is 7.28. The van der Waals surface area contributed by atoms with Crippen molar-refractivity contribution in [1.82, 2.24) is 4.98 Å². The predicted octanol–water partition coefficient (Wildman–Crippen LogP) is 1.62. The van der Waals surface area contributed by atoms with Gasteiger partial charge in [-0.25, -0.2) is 0 Å². The lowest BCUT2D eigenvalue weighted by molar-refractivity contribution is -0.116. The molecule has 0 aliphatic carbocycles. The minimum Gasteiger partial charge on any atom is -0.368 e. The highest BCUT2D eigenvalue weighted by Crippen LogP contribution is 2.15. The van der Waals surface area contributed by atoms with Crippen LogP contribution in [0.1, 0.15) is 11.8 Å². The van der Waals surface area contributed by atoms with Crippen LogP contribution < -0.4 is 0 Å². The topological polar surface area (TPSA) is 39.2 Å². The van der Waals surface area contributed by atoms with E-state index in [1.54, 1.807) is 12.1 Å². The Bertz CT molecular complexity index is 278. The van der Waals surface area contributed by atoms with Crippen molar-refractivity contribution >= 4 is 17.9 Å². The van der Waals surface area contributed by atoms with Gasteiger partial charge in [0.2, 0.25) is 0 Å². The fraction of sp³-hybridized carbons (Fsp3) is 0.250. The molecular weight excluding hydrogens is 178 g/mol. The van der Waals surface area contributed by atoms with E-state index < -0.39 is 6.10 Å². The lowest BCUT2D eigenvalue weighted by Gasteiger charge is -2.06. The Morgan fingerprint density at radius 2 is 2.50 bits per heavy atom. The van der Waals surface area contributed by atoms with Crippen molar-refractivity contribution in [1.29, 1.82) is 0 Å². The summed E-state index contributed by atoms with van der Waals surface area (Å²) in [4.78, 5) is 14.4. The smallest absolute Gasteiger partial charge is 0.154 e. The fourth-order valence-corrected chi connectivity index (χ4v) is 0.991. The zero-order valence-electron chi connectivity index (χ0n) is 6.53. The molecule has 0 spiro atoms. The van der Waals surface area contributed by atoms with Crippen molar-refractivity contribution in [2.45, 2.75) is 6.10 Å². The number of carbonyl (C=O) groups excluding carboxylic acids is 1. The number of pyridine rings is 1. The molecule has 3 nitrogen and oxygen atoms in total. The molecule has 64 valence electrons. The molecular formula is C8H8ClNO2. The first-order chi connectivity index (χ1) is 5.77. The van der Waals surface area contributed by atoms with Gasteiger partial charge in [0.05, 0.1) is 5.69 Å². The third-order valence-electron chi connectivity index (χ3n) is 1.41. The van der Waals surface area contributed by atoms with Gasteiger partial charge in [-0.05, 0) is 12.1 Å². The Balaban J connectivity index is 2.93. The predicted molar refractivity (Wildman–Crippen MR) is 45.1 cm³/mol. The van der Waals surface area contributed by atoms with Crippen LogP contribution in [-0.4, -0.2) is 18.4 Å². The van der Waals surface area contributed by atoms with Gasteiger partial charge in [0, 0.05) is 18.3 Å². The molecule has 1 rings (SSSR count). The average Bonchev–Trinajstić information content (AvgIpc) is 2.07. The van der Waals surface area contributed by atoms with Gasteiger partial charge >= 0.3 is 0 Å². The minimum atomic E-state index is -0.622. The molecule has 0 fully saturated rings. The van der Waals surface area contributed by atoms with Gasteiger partial charge < -0.3 is 4.74 Å². The number of nitrogens with zero attached hydrogens (tertiary/aromatic N) is 1. The van der Waals surface area contributed by atoms with E-state index in [1.165, 1.54) is 13.3 Å². The zero-order chi connectivity index (χ0) is 8.97. The summed E-state index contributed by atoms with van der Waals surface area (Å²) in [5, 5.41) is 0.545. The van der Waals surface area contributed by atoms with Crippen molar-refractivity contribution in [2.75, 3.05) is 7.11 Å². The Morgan fingerprint density at radius 1 is 1.75 bits per heavy atom. The number of ether oxygens (including phenoxy) is 1. The van der Waals surface area contributed by atoms with Gasteiger partial charge in [0.15, 0.2) is 12.4 Å². The van der Waals surface area contributed by atoms with Crippen LogP contribution in [0.3, 0.4) is 0 Å². The number of carbonyl (C=O) groups is 1. The first kappa shape index (κ1) is 9.16. The number of rotatable bonds is 3. The van der Waals surface area contributed by atoms with Crippen molar-refractivity contribution in [2.24, 2.45) is 0 Å². The Hall–Kier alpha value is -0.930. The van der Waals surface area contributed by atoms with Gasteiger partial charge in [-0.3, -0.25) is 9.78 Å². The summed E-state index contributed by atoms with van der Waals surface area (Å²) in [6.07, 6.45) is 1.59. The summed E-state index contributed by atoms with van der Waals surface area (Å²) in [7, 11) is 1.45. The molecule has 1 aromatic heterocycles. The molecule has 4 heteroatoms. The molecule has 0 saturated carbocycles. The first-order valence-electron chi connectivity index (χ1n) is 3.37. The monoisotopic (exact) mass is 185 g/mol. The van der Waals surface area contributed by atoms with Crippen molar-refractivity contribution in [3.63, 3.8) is 0 Å². The maximum Gasteiger partial charge on any atom is 0.154 e. The summed E-state index contributed by atoms with van der Waals surface area (Å²) in [6.45, 7) is 0. The van der Waals surface area contributed by atoms with Crippen LogP contribution in [0, 0.1) is 0 Å². The highest BCUT2D eigenvalue weighted by atomic mass is 35.5. The second-order valence-electron chi connectivity index (χ2n) is 2.19. The van der Waals surface area contributed by atoms with E-state index in [0.29, 0.717) is 17.0 Å². The van der Waals surface area contributed by atoms with Crippen LogP contribution in [0.4, 0.5) is 0 Å². The Morgan fingerprint density at radius 3 is 3.00 bits per heavy atom. The molecule has 0 amide bonds. The fourth-order valence-electron chi connectivity index (χ4n) is 0.823. The summed E-state index contributed by atoms with van der Waals surface area (Å²) in [5.41, 5.74) is 0.528. The number of aromatic nitrogens is 1. The average molecular weight is 186 g/mol. The van der Waals surface area contributed by atoms with E-state index in [0.717, 1.165) is 0 Å². The molecule has 0 saturated heterocycles. The van der Waals surface area contributed by atoms with E-state index in [9.17, 15) is 4.79 Å². The van der Waals surface area contributed by atoms with Crippen molar-refractivity contribution in [3.05, 3.63) is 29.0 Å². The summed E-state index contributed by atoms with van der Waals surface area (Å²) in [5.74, 6) is 0. The van der Waals surface area contributed by atoms with Crippen LogP contribution in [0.25, 0.3) is 0 Å². The molecule has 0 aromatic carbocycles. The second-order valence-corrected chi connectivity index (χ2v) is 2.63. The summed E-state index contributed by atoms with van der Waals surface area (Å²) >= 11 is 5.69. The van der Waals surface area contributed by atoms with Gasteiger partial charge in [0.1, 0.15) is 0 Å². The lowest BCUT2D eigenvalue weighted by atomic mass is 10.2. The van der Waals surface area contributed by atoms with Gasteiger partial charge in [-0.2, -0.15) is 0 Å². The first-order valence-corrected chi connectivity index (χ1v) is 3.75. The van der Waals surface area contributed by atoms with Crippen LogP contribution >= 0.6 is 11.6 Å². The molecule has 0 radical (unpaired) electrons. The normalized spacial score (nSPS) is 12.5. The maximum absolute atomic E-state index is 10.4. The number of aldehydes is 1. The number of hydrogen-bond acceptors (Lipinski definition) is 3. The quantitative estimate of drug-likeness (QED) is 0.672. The molecule has 12 heavy (non-hydrogen) atoms.